The summed E-state index contributed by atoms with van der Waals surface area (Å²) in [6.45, 7) is 3.33. The van der Waals surface area contributed by atoms with Crippen LogP contribution >= 0.6 is 15.9 Å². The number of rotatable bonds is 4. The van der Waals surface area contributed by atoms with Gasteiger partial charge in [0.05, 0.1) is 11.9 Å². The molecule has 1 aliphatic heterocycles. The zero-order chi connectivity index (χ0) is 16.9. The third kappa shape index (κ3) is 3.96. The number of benzene rings is 1. The molecule has 1 fully saturated rings. The molecule has 1 N–H and O–H groups in total. The molecule has 0 radical (unpaired) electrons. The number of nitrogens with one attached hydrogen (secondary N) is 1. The predicted octanol–water partition coefficient (Wildman–Crippen LogP) is 4.87. The molecule has 1 aromatic carbocycles. The maximum Gasteiger partial charge on any atom is 0.256 e. The number of hydrogen-bond donors (Lipinski definition) is 1. The summed E-state index contributed by atoms with van der Waals surface area (Å²) in [4.78, 5) is 19.1. The maximum absolute atomic E-state index is 12.2. The van der Waals surface area contributed by atoms with Crippen molar-refractivity contribution in [1.82, 2.24) is 4.98 Å². The van der Waals surface area contributed by atoms with Gasteiger partial charge >= 0.3 is 0 Å². The molecule has 1 aliphatic rings. The van der Waals surface area contributed by atoms with Gasteiger partial charge in [-0.15, -0.1) is 0 Å². The van der Waals surface area contributed by atoms with Crippen molar-refractivity contribution in [1.29, 1.82) is 0 Å². The largest absolute Gasteiger partial charge is 0.367 e. The second-order valence-corrected chi connectivity index (χ2v) is 7.03. The first-order valence-electron chi connectivity index (χ1n) is 8.47. The summed E-state index contributed by atoms with van der Waals surface area (Å²) >= 11 is 3.37. The number of aromatic nitrogens is 1. The summed E-state index contributed by atoms with van der Waals surface area (Å²) in [5, 5.41) is 2.85. The molecule has 2 heterocycles. The highest BCUT2D eigenvalue weighted by atomic mass is 79.9. The summed E-state index contributed by atoms with van der Waals surface area (Å²) in [6, 6.07) is 11.8. The lowest BCUT2D eigenvalue weighted by atomic mass is 9.99. The number of piperidine rings is 1. The van der Waals surface area contributed by atoms with E-state index in [4.69, 9.17) is 0 Å². The van der Waals surface area contributed by atoms with E-state index in [2.05, 4.69) is 44.1 Å². The Balaban J connectivity index is 1.68. The Morgan fingerprint density at radius 3 is 2.71 bits per heavy atom. The molecule has 24 heavy (non-hydrogen) atoms. The fourth-order valence-electron chi connectivity index (χ4n) is 3.18. The van der Waals surface area contributed by atoms with Crippen molar-refractivity contribution in [2.45, 2.75) is 38.6 Å². The molecule has 0 spiro atoms. The van der Waals surface area contributed by atoms with Crippen LogP contribution in [0, 0.1) is 0 Å². The molecule has 1 atom stereocenters. The van der Waals surface area contributed by atoms with Crippen molar-refractivity contribution in [2.75, 3.05) is 16.8 Å². The van der Waals surface area contributed by atoms with Gasteiger partial charge in [0, 0.05) is 22.6 Å². The van der Waals surface area contributed by atoms with Gasteiger partial charge in [-0.1, -0.05) is 22.9 Å². The van der Waals surface area contributed by atoms with Gasteiger partial charge in [0.1, 0.15) is 5.82 Å². The Labute approximate surface area is 151 Å². The van der Waals surface area contributed by atoms with Crippen LogP contribution in [0.25, 0.3) is 0 Å². The maximum atomic E-state index is 12.2. The van der Waals surface area contributed by atoms with Crippen LogP contribution in [0.15, 0.2) is 47.1 Å². The lowest BCUT2D eigenvalue weighted by Gasteiger charge is -2.37. The summed E-state index contributed by atoms with van der Waals surface area (Å²) < 4.78 is 0.952. The van der Waals surface area contributed by atoms with E-state index in [0.717, 1.165) is 23.1 Å². The van der Waals surface area contributed by atoms with Gasteiger partial charge in [-0.2, -0.15) is 0 Å². The van der Waals surface area contributed by atoms with Crippen molar-refractivity contribution in [2.24, 2.45) is 0 Å². The van der Waals surface area contributed by atoms with E-state index >= 15 is 0 Å². The first kappa shape index (κ1) is 17.0. The summed E-state index contributed by atoms with van der Waals surface area (Å²) in [7, 11) is 0. The van der Waals surface area contributed by atoms with Crippen molar-refractivity contribution < 1.29 is 4.79 Å². The molecule has 0 aliphatic carbocycles. The van der Waals surface area contributed by atoms with Gasteiger partial charge in [0.25, 0.3) is 5.91 Å². The van der Waals surface area contributed by atoms with Crippen LogP contribution < -0.4 is 10.2 Å². The number of halogens is 1. The first-order chi connectivity index (χ1) is 11.7. The summed E-state index contributed by atoms with van der Waals surface area (Å²) in [6.07, 6.45) is 6.81. The molecule has 3 rings (SSSR count). The Morgan fingerprint density at radius 1 is 1.25 bits per heavy atom. The normalized spacial score (nSPS) is 17.6. The van der Waals surface area contributed by atoms with Crippen molar-refractivity contribution in [3.63, 3.8) is 0 Å². The average Bonchev–Trinajstić information content (AvgIpc) is 2.63. The van der Waals surface area contributed by atoms with Gasteiger partial charge < -0.3 is 10.2 Å². The fraction of sp³-hybridized carbons (Fsp3) is 0.368. The molecule has 1 amide bonds. The Hall–Kier alpha value is -1.88. The van der Waals surface area contributed by atoms with Gasteiger partial charge in [-0.25, -0.2) is 4.98 Å². The highest BCUT2D eigenvalue weighted by Crippen LogP contribution is 2.26. The molecule has 1 unspecified atom stereocenters. The molecular weight excluding hydrogens is 366 g/mol. The lowest BCUT2D eigenvalue weighted by molar-refractivity contribution is 0.102. The number of anilines is 2. The van der Waals surface area contributed by atoms with Crippen LogP contribution in [0.1, 0.15) is 43.0 Å². The predicted molar refractivity (Wildman–Crippen MR) is 102 cm³/mol. The molecular formula is C19H22BrN3O. The number of hydrogen-bond acceptors (Lipinski definition) is 3. The van der Waals surface area contributed by atoms with Crippen LogP contribution in [0.2, 0.25) is 0 Å². The second kappa shape index (κ2) is 7.79. The third-order valence-corrected chi connectivity index (χ3v) is 5.05. The highest BCUT2D eigenvalue weighted by Gasteiger charge is 2.21. The van der Waals surface area contributed by atoms with Gasteiger partial charge in [-0.3, -0.25) is 4.79 Å². The Morgan fingerprint density at radius 2 is 2.04 bits per heavy atom. The zero-order valence-corrected chi connectivity index (χ0v) is 15.4. The monoisotopic (exact) mass is 387 g/mol. The summed E-state index contributed by atoms with van der Waals surface area (Å²) in [5.74, 6) is 0.434. The second-order valence-electron chi connectivity index (χ2n) is 6.11. The van der Waals surface area contributed by atoms with E-state index in [1.807, 2.05) is 24.4 Å². The molecule has 5 heteroatoms. The number of nitrogens with zero attached hydrogens (tertiary/aromatic N) is 2. The molecule has 1 aromatic heterocycles. The minimum absolute atomic E-state index is 0.146. The molecule has 0 bridgehead atoms. The molecule has 4 nitrogen and oxygen atoms in total. The highest BCUT2D eigenvalue weighted by molar-refractivity contribution is 9.10. The summed E-state index contributed by atoms with van der Waals surface area (Å²) in [5.41, 5.74) is 1.76. The smallest absolute Gasteiger partial charge is 0.256 e. The van der Waals surface area contributed by atoms with E-state index in [-0.39, 0.29) is 5.91 Å². The van der Waals surface area contributed by atoms with Gasteiger partial charge in [0.2, 0.25) is 0 Å². The van der Waals surface area contributed by atoms with Crippen LogP contribution in [0.4, 0.5) is 11.5 Å². The van der Waals surface area contributed by atoms with Crippen molar-refractivity contribution in [3.05, 3.63) is 52.6 Å². The number of carbonyl (C=O) groups is 1. The number of pyridine rings is 1. The van der Waals surface area contributed by atoms with Crippen LogP contribution in [-0.4, -0.2) is 23.5 Å². The van der Waals surface area contributed by atoms with Crippen LogP contribution in [0.3, 0.4) is 0 Å². The van der Waals surface area contributed by atoms with E-state index in [1.54, 1.807) is 12.1 Å². The van der Waals surface area contributed by atoms with E-state index in [0.29, 0.717) is 17.4 Å². The van der Waals surface area contributed by atoms with Crippen LogP contribution in [-0.2, 0) is 0 Å². The van der Waals surface area contributed by atoms with Crippen molar-refractivity contribution in [3.8, 4) is 0 Å². The molecule has 2 aromatic rings. The molecule has 0 saturated carbocycles. The van der Waals surface area contributed by atoms with Gasteiger partial charge in [-0.05, 0) is 62.1 Å². The standard InChI is InChI=1S/C19H22BrN3O/c1-2-16-5-3-4-12-23(16)17-10-11-18(21-13-17)22-19(24)14-6-8-15(20)9-7-14/h6-11,13,16H,2-5,12H2,1H3,(H,21,22,24). The quantitative estimate of drug-likeness (QED) is 0.813. The average molecular weight is 388 g/mol. The van der Waals surface area contributed by atoms with E-state index in [1.165, 1.54) is 19.3 Å². The minimum Gasteiger partial charge on any atom is -0.367 e. The van der Waals surface area contributed by atoms with E-state index < -0.39 is 0 Å². The SMILES string of the molecule is CCC1CCCCN1c1ccc(NC(=O)c2ccc(Br)cc2)nc1. The Bertz CT molecular complexity index is 685. The molecule has 126 valence electrons. The Kier molecular flexibility index (Phi) is 5.51. The van der Waals surface area contributed by atoms with E-state index in [9.17, 15) is 4.79 Å². The van der Waals surface area contributed by atoms with Crippen LogP contribution in [0.5, 0.6) is 0 Å². The lowest BCUT2D eigenvalue weighted by Crippen LogP contribution is -2.39. The number of amides is 1. The third-order valence-electron chi connectivity index (χ3n) is 4.53. The zero-order valence-electron chi connectivity index (χ0n) is 13.8. The van der Waals surface area contributed by atoms with Gasteiger partial charge in [0.15, 0.2) is 0 Å². The van der Waals surface area contributed by atoms with Crippen molar-refractivity contribution >= 4 is 33.3 Å². The fourth-order valence-corrected chi connectivity index (χ4v) is 3.45. The number of carbonyl (C=O) groups excluding carboxylic acids is 1. The minimum atomic E-state index is -0.146. The first-order valence-corrected chi connectivity index (χ1v) is 9.26. The molecule has 1 saturated heterocycles. The topological polar surface area (TPSA) is 45.2 Å².